The Kier molecular flexibility index (Phi) is 7.11. The molecule has 0 atom stereocenters. The number of carboxylic acid groups (broad SMARTS) is 1. The van der Waals surface area contributed by atoms with Crippen LogP contribution in [0.1, 0.15) is 46.7 Å². The third kappa shape index (κ3) is 5.43. The number of likely N-dealkylation sites (tertiary alicyclic amines) is 1. The molecule has 1 N–H and O–H groups in total. The minimum atomic E-state index is -1.23. The second-order valence-electron chi connectivity index (χ2n) is 10.2. The summed E-state index contributed by atoms with van der Waals surface area (Å²) in [5, 5.41) is 10.5. The zero-order chi connectivity index (χ0) is 26.8. The summed E-state index contributed by atoms with van der Waals surface area (Å²) in [4.78, 5) is 13.6. The van der Waals surface area contributed by atoms with Crippen molar-refractivity contribution in [3.8, 4) is 17.2 Å². The largest absolute Gasteiger partial charge is 0.493 e. The van der Waals surface area contributed by atoms with E-state index in [0.29, 0.717) is 19.1 Å². The molecule has 0 amide bonds. The van der Waals surface area contributed by atoms with E-state index in [4.69, 9.17) is 14.2 Å². The maximum absolute atomic E-state index is 13.8. The highest BCUT2D eigenvalue weighted by Gasteiger charge is 2.24. The van der Waals surface area contributed by atoms with Gasteiger partial charge < -0.3 is 23.9 Å². The number of para-hydroxylation sites is 1. The van der Waals surface area contributed by atoms with E-state index in [1.165, 1.54) is 28.6 Å². The number of nitrogens with zero attached hydrogens (tertiary/aromatic N) is 2. The van der Waals surface area contributed by atoms with Crippen molar-refractivity contribution in [1.82, 2.24) is 9.47 Å². The molecule has 3 aromatic carbocycles. The number of hydrogen-bond donors (Lipinski definition) is 1. The Hall–Kier alpha value is -4.04. The normalized spacial score (nSPS) is 15.6. The number of benzene rings is 3. The fourth-order valence-electron chi connectivity index (χ4n) is 5.67. The second kappa shape index (κ2) is 11.0. The minimum Gasteiger partial charge on any atom is -0.493 e. The highest BCUT2D eigenvalue weighted by Crippen LogP contribution is 2.36. The van der Waals surface area contributed by atoms with Crippen LogP contribution in [0.4, 0.5) is 4.39 Å². The van der Waals surface area contributed by atoms with Crippen molar-refractivity contribution in [3.63, 3.8) is 0 Å². The zero-order valence-electron chi connectivity index (χ0n) is 21.6. The molecule has 3 heterocycles. The van der Waals surface area contributed by atoms with Crippen molar-refractivity contribution in [1.29, 1.82) is 0 Å². The van der Waals surface area contributed by atoms with Crippen LogP contribution in [0.2, 0.25) is 0 Å². The second-order valence-corrected chi connectivity index (χ2v) is 10.2. The number of rotatable bonds is 9. The predicted molar refractivity (Wildman–Crippen MR) is 145 cm³/mol. The van der Waals surface area contributed by atoms with Gasteiger partial charge in [0, 0.05) is 36.3 Å². The van der Waals surface area contributed by atoms with Gasteiger partial charge >= 0.3 is 5.97 Å². The van der Waals surface area contributed by atoms with E-state index in [0.717, 1.165) is 61.7 Å². The number of ether oxygens (including phenoxy) is 3. The predicted octanol–water partition coefficient (Wildman–Crippen LogP) is 6.06. The molecule has 4 aromatic rings. The molecule has 202 valence electrons. The summed E-state index contributed by atoms with van der Waals surface area (Å²) in [7, 11) is 0. The summed E-state index contributed by atoms with van der Waals surface area (Å²) >= 11 is 0. The van der Waals surface area contributed by atoms with Gasteiger partial charge in [-0.2, -0.15) is 0 Å². The Labute approximate surface area is 226 Å². The maximum atomic E-state index is 13.8. The summed E-state index contributed by atoms with van der Waals surface area (Å²) in [5.74, 6) is 0.790. The molecule has 0 spiro atoms. The van der Waals surface area contributed by atoms with Crippen LogP contribution < -0.4 is 14.2 Å². The molecule has 0 unspecified atom stereocenters. The number of aromatic carboxylic acids is 1. The van der Waals surface area contributed by atoms with Crippen molar-refractivity contribution in [2.75, 3.05) is 26.5 Å². The summed E-state index contributed by atoms with van der Waals surface area (Å²) < 4.78 is 32.9. The standard InChI is InChI=1S/C31H31FN2O5/c32-27-8-6-21(16-25(27)31(35)36)18-33-13-10-22(11-14-33)26-19-34(28-5-2-1-4-24(26)28)12-3-15-37-23-7-9-29-30(17-23)39-20-38-29/h1-2,4-9,16-17,19,22H,3,10-15,18,20H2,(H,35,36). The summed E-state index contributed by atoms with van der Waals surface area (Å²) in [6, 6.07) is 18.6. The lowest BCUT2D eigenvalue weighted by molar-refractivity contribution is 0.0691. The first-order valence-electron chi connectivity index (χ1n) is 13.4. The zero-order valence-corrected chi connectivity index (χ0v) is 21.6. The number of hydrogen-bond acceptors (Lipinski definition) is 5. The topological polar surface area (TPSA) is 73.2 Å². The Morgan fingerprint density at radius 2 is 1.85 bits per heavy atom. The molecule has 2 aliphatic rings. The molecular formula is C31H31FN2O5. The molecule has 1 saturated heterocycles. The minimum absolute atomic E-state index is 0.253. The first-order valence-corrected chi connectivity index (χ1v) is 13.4. The summed E-state index contributed by atoms with van der Waals surface area (Å²) in [5.41, 5.74) is 3.19. The first-order chi connectivity index (χ1) is 19.0. The van der Waals surface area contributed by atoms with Crippen LogP contribution >= 0.6 is 0 Å². The number of aryl methyl sites for hydroxylation is 1. The third-order valence-corrected chi connectivity index (χ3v) is 7.67. The van der Waals surface area contributed by atoms with Gasteiger partial charge in [-0.25, -0.2) is 9.18 Å². The molecule has 39 heavy (non-hydrogen) atoms. The maximum Gasteiger partial charge on any atom is 0.338 e. The van der Waals surface area contributed by atoms with Gasteiger partial charge in [0.05, 0.1) is 12.2 Å². The van der Waals surface area contributed by atoms with Gasteiger partial charge in [0.15, 0.2) is 11.5 Å². The van der Waals surface area contributed by atoms with Crippen LogP contribution in [0.5, 0.6) is 17.2 Å². The number of carbonyl (C=O) groups is 1. The van der Waals surface area contributed by atoms with E-state index in [1.54, 1.807) is 6.07 Å². The SMILES string of the molecule is O=C(O)c1cc(CN2CCC(c3cn(CCCOc4ccc5c(c4)OCO5)c4ccccc34)CC2)ccc1F. The van der Waals surface area contributed by atoms with E-state index >= 15 is 0 Å². The van der Waals surface area contributed by atoms with Crippen molar-refractivity contribution in [2.24, 2.45) is 0 Å². The van der Waals surface area contributed by atoms with Crippen LogP contribution in [0, 0.1) is 5.82 Å². The van der Waals surface area contributed by atoms with Gasteiger partial charge in [-0.15, -0.1) is 0 Å². The van der Waals surface area contributed by atoms with Crippen LogP contribution in [-0.2, 0) is 13.1 Å². The molecule has 0 radical (unpaired) electrons. The molecule has 0 bridgehead atoms. The molecule has 0 saturated carbocycles. The fraction of sp³-hybridized carbons (Fsp3) is 0.323. The average Bonchev–Trinajstić information content (AvgIpc) is 3.57. The molecular weight excluding hydrogens is 499 g/mol. The Bertz CT molecular complexity index is 1490. The third-order valence-electron chi connectivity index (χ3n) is 7.67. The number of piperidine rings is 1. The molecule has 7 nitrogen and oxygen atoms in total. The van der Waals surface area contributed by atoms with E-state index in [1.807, 2.05) is 18.2 Å². The fourth-order valence-corrected chi connectivity index (χ4v) is 5.67. The lowest BCUT2D eigenvalue weighted by Gasteiger charge is -2.32. The van der Waals surface area contributed by atoms with Gasteiger partial charge in [0.2, 0.25) is 6.79 Å². The number of aromatic nitrogens is 1. The lowest BCUT2D eigenvalue weighted by atomic mass is 9.89. The first kappa shape index (κ1) is 25.2. The van der Waals surface area contributed by atoms with E-state index in [2.05, 4.69) is 39.9 Å². The quantitative estimate of drug-likeness (QED) is 0.266. The monoisotopic (exact) mass is 530 g/mol. The summed E-state index contributed by atoms with van der Waals surface area (Å²) in [6.07, 6.45) is 5.23. The highest BCUT2D eigenvalue weighted by molar-refractivity contribution is 5.88. The average molecular weight is 531 g/mol. The van der Waals surface area contributed by atoms with Gasteiger partial charge in [-0.1, -0.05) is 24.3 Å². The van der Waals surface area contributed by atoms with E-state index in [9.17, 15) is 14.3 Å². The van der Waals surface area contributed by atoms with Gasteiger partial charge in [0.25, 0.3) is 0 Å². The van der Waals surface area contributed by atoms with Gasteiger partial charge in [0.1, 0.15) is 11.6 Å². The van der Waals surface area contributed by atoms with Crippen LogP contribution in [0.3, 0.4) is 0 Å². The van der Waals surface area contributed by atoms with E-state index in [-0.39, 0.29) is 12.4 Å². The molecule has 1 fully saturated rings. The van der Waals surface area contributed by atoms with Crippen molar-refractivity contribution >= 4 is 16.9 Å². The summed E-state index contributed by atoms with van der Waals surface area (Å²) in [6.45, 7) is 4.16. The Morgan fingerprint density at radius 1 is 1.03 bits per heavy atom. The molecule has 8 heteroatoms. The van der Waals surface area contributed by atoms with E-state index < -0.39 is 11.8 Å². The Balaban J connectivity index is 1.07. The molecule has 2 aliphatic heterocycles. The highest BCUT2D eigenvalue weighted by atomic mass is 19.1. The van der Waals surface area contributed by atoms with Crippen LogP contribution in [0.15, 0.2) is 66.9 Å². The van der Waals surface area contributed by atoms with Crippen molar-refractivity contribution < 1.29 is 28.5 Å². The number of carboxylic acids is 1. The molecule has 1 aromatic heterocycles. The molecule has 6 rings (SSSR count). The Morgan fingerprint density at radius 3 is 2.69 bits per heavy atom. The smallest absolute Gasteiger partial charge is 0.338 e. The van der Waals surface area contributed by atoms with Crippen LogP contribution in [0.25, 0.3) is 10.9 Å². The number of fused-ring (bicyclic) bond motifs is 2. The van der Waals surface area contributed by atoms with Gasteiger partial charge in [-0.3, -0.25) is 4.90 Å². The van der Waals surface area contributed by atoms with Crippen LogP contribution in [-0.4, -0.2) is 47.0 Å². The van der Waals surface area contributed by atoms with Crippen molar-refractivity contribution in [2.45, 2.75) is 38.3 Å². The number of halogens is 1. The lowest BCUT2D eigenvalue weighted by Crippen LogP contribution is -2.32. The van der Waals surface area contributed by atoms with Gasteiger partial charge in [-0.05, 0) is 79.7 Å². The molecule has 0 aliphatic carbocycles. The van der Waals surface area contributed by atoms with Crippen molar-refractivity contribution in [3.05, 3.63) is 89.4 Å².